The molecule has 0 unspecified atom stereocenters. The molecule has 0 aliphatic heterocycles. The normalized spacial score (nSPS) is 11.7. The Kier molecular flexibility index (Phi) is 20.2. The van der Waals surface area contributed by atoms with Gasteiger partial charge in [0.25, 0.3) is 0 Å². The van der Waals surface area contributed by atoms with E-state index in [1.165, 1.54) is 77.0 Å². The first-order chi connectivity index (χ1) is 14.0. The summed E-state index contributed by atoms with van der Waals surface area (Å²) in [7, 11) is 3.99. The molecule has 0 rings (SSSR count). The lowest BCUT2D eigenvalue weighted by Crippen LogP contribution is -2.46. The first-order valence-electron chi connectivity index (χ1n) is 12.2. The minimum absolute atomic E-state index is 0.0364. The highest BCUT2D eigenvalue weighted by atomic mass is 16.5. The van der Waals surface area contributed by atoms with Crippen LogP contribution in [0.15, 0.2) is 0 Å². The number of ether oxygens (including phenoxy) is 2. The van der Waals surface area contributed by atoms with Crippen molar-refractivity contribution in [1.82, 2.24) is 0 Å². The second kappa shape index (κ2) is 20.6. The zero-order valence-corrected chi connectivity index (χ0v) is 19.8. The van der Waals surface area contributed by atoms with Gasteiger partial charge in [-0.2, -0.15) is 0 Å². The van der Waals surface area contributed by atoms with Gasteiger partial charge in [0.1, 0.15) is 6.54 Å². The number of hydrogen-bond acceptors (Lipinski definition) is 4. The van der Waals surface area contributed by atoms with Crippen molar-refractivity contribution in [3.05, 3.63) is 0 Å². The third-order valence-corrected chi connectivity index (χ3v) is 5.39. The summed E-state index contributed by atoms with van der Waals surface area (Å²) in [5.41, 5.74) is 0. The van der Waals surface area contributed by atoms with Crippen LogP contribution in [0.3, 0.4) is 0 Å². The van der Waals surface area contributed by atoms with E-state index >= 15 is 0 Å². The Labute approximate surface area is 180 Å². The Hall–Kier alpha value is -0.650. The summed E-state index contributed by atoms with van der Waals surface area (Å²) >= 11 is 0. The maximum atomic E-state index is 12.0. The number of aliphatic hydroxyl groups excluding tert-OH is 1. The fourth-order valence-corrected chi connectivity index (χ4v) is 3.44. The molecule has 0 radical (unpaired) electrons. The van der Waals surface area contributed by atoms with Crippen molar-refractivity contribution >= 4 is 5.97 Å². The van der Waals surface area contributed by atoms with Gasteiger partial charge in [0.15, 0.2) is 6.54 Å². The van der Waals surface area contributed by atoms with Crippen LogP contribution >= 0.6 is 0 Å². The Morgan fingerprint density at radius 2 is 1.21 bits per heavy atom. The SMILES string of the molecule is CCCCCCCCCCCCCCCCOC(=O)C[N+](C)(C)CCOCCO. The molecule has 5 heteroatoms. The van der Waals surface area contributed by atoms with Gasteiger partial charge in [-0.05, 0) is 6.42 Å². The average molecular weight is 417 g/mol. The summed E-state index contributed by atoms with van der Waals surface area (Å²) in [5.74, 6) is -0.133. The minimum Gasteiger partial charge on any atom is -0.462 e. The van der Waals surface area contributed by atoms with Crippen LogP contribution in [0.4, 0.5) is 0 Å². The molecule has 0 atom stereocenters. The van der Waals surface area contributed by atoms with E-state index in [0.29, 0.717) is 30.8 Å². The average Bonchev–Trinajstić information content (AvgIpc) is 2.68. The molecule has 0 bridgehead atoms. The van der Waals surface area contributed by atoms with Crippen LogP contribution < -0.4 is 0 Å². The maximum Gasteiger partial charge on any atom is 0.361 e. The number of carbonyl (C=O) groups excluding carboxylic acids is 1. The van der Waals surface area contributed by atoms with Gasteiger partial charge in [-0.15, -0.1) is 0 Å². The molecule has 0 spiro atoms. The lowest BCUT2D eigenvalue weighted by atomic mass is 10.0. The fraction of sp³-hybridized carbons (Fsp3) is 0.958. The molecule has 29 heavy (non-hydrogen) atoms. The van der Waals surface area contributed by atoms with E-state index < -0.39 is 0 Å². The quantitative estimate of drug-likeness (QED) is 0.152. The van der Waals surface area contributed by atoms with Gasteiger partial charge in [0, 0.05) is 0 Å². The summed E-state index contributed by atoms with van der Waals surface area (Å²) in [4.78, 5) is 12.0. The molecular formula is C24H50NO4+. The summed E-state index contributed by atoms with van der Waals surface area (Å²) in [6, 6.07) is 0. The molecule has 0 aliphatic rings. The maximum absolute atomic E-state index is 12.0. The van der Waals surface area contributed by atoms with Gasteiger partial charge in [-0.1, -0.05) is 90.4 Å². The highest BCUT2D eigenvalue weighted by Gasteiger charge is 2.20. The van der Waals surface area contributed by atoms with Crippen molar-refractivity contribution in [3.63, 3.8) is 0 Å². The highest BCUT2D eigenvalue weighted by Crippen LogP contribution is 2.13. The van der Waals surface area contributed by atoms with E-state index in [1.54, 1.807) is 0 Å². The van der Waals surface area contributed by atoms with Crippen LogP contribution in [-0.4, -0.2) is 69.2 Å². The number of carbonyl (C=O) groups is 1. The van der Waals surface area contributed by atoms with E-state index in [0.717, 1.165) is 19.4 Å². The van der Waals surface area contributed by atoms with Crippen LogP contribution in [-0.2, 0) is 14.3 Å². The molecule has 1 N–H and O–H groups in total. The van der Waals surface area contributed by atoms with Crippen molar-refractivity contribution in [2.24, 2.45) is 0 Å². The van der Waals surface area contributed by atoms with E-state index in [4.69, 9.17) is 14.6 Å². The number of rotatable bonds is 22. The Bertz CT molecular complexity index is 361. The molecule has 0 heterocycles. The van der Waals surface area contributed by atoms with Crippen molar-refractivity contribution < 1.29 is 23.9 Å². The number of likely N-dealkylation sites (N-methyl/N-ethyl adjacent to an activating group) is 1. The van der Waals surface area contributed by atoms with Crippen LogP contribution in [0, 0.1) is 0 Å². The smallest absolute Gasteiger partial charge is 0.361 e. The van der Waals surface area contributed by atoms with E-state index in [9.17, 15) is 4.79 Å². The first-order valence-corrected chi connectivity index (χ1v) is 12.2. The van der Waals surface area contributed by atoms with Crippen molar-refractivity contribution in [2.75, 3.05) is 53.6 Å². The number of hydrogen-bond donors (Lipinski definition) is 1. The molecule has 0 saturated carbocycles. The van der Waals surface area contributed by atoms with Crippen LogP contribution in [0.2, 0.25) is 0 Å². The molecule has 0 aromatic rings. The number of esters is 1. The lowest BCUT2D eigenvalue weighted by Gasteiger charge is -2.28. The molecule has 0 fully saturated rings. The number of aliphatic hydroxyl groups is 1. The molecular weight excluding hydrogens is 366 g/mol. The third kappa shape index (κ3) is 21.9. The standard InChI is InChI=1S/C24H50NO4/c1-4-5-6-7-8-9-10-11-12-13-14-15-16-17-20-29-24(27)23-25(2,3)18-21-28-22-19-26/h26H,4-23H2,1-3H3/q+1. The van der Waals surface area contributed by atoms with Gasteiger partial charge in [0.05, 0.1) is 40.5 Å². The summed E-state index contributed by atoms with van der Waals surface area (Å²) in [6.07, 6.45) is 18.6. The second-order valence-electron chi connectivity index (χ2n) is 8.97. The topological polar surface area (TPSA) is 55.8 Å². The molecule has 0 aromatic carbocycles. The highest BCUT2D eigenvalue weighted by molar-refractivity contribution is 5.70. The summed E-state index contributed by atoms with van der Waals surface area (Å²) in [6.45, 7) is 4.83. The number of nitrogens with zero attached hydrogens (tertiary/aromatic N) is 1. The van der Waals surface area contributed by atoms with Crippen molar-refractivity contribution in [3.8, 4) is 0 Å². The molecule has 0 saturated heterocycles. The van der Waals surface area contributed by atoms with Gasteiger partial charge in [-0.3, -0.25) is 0 Å². The molecule has 0 aromatic heterocycles. The zero-order chi connectivity index (χ0) is 21.6. The molecule has 5 nitrogen and oxygen atoms in total. The van der Waals surface area contributed by atoms with Gasteiger partial charge in [-0.25, -0.2) is 4.79 Å². The van der Waals surface area contributed by atoms with Crippen LogP contribution in [0.25, 0.3) is 0 Å². The fourth-order valence-electron chi connectivity index (χ4n) is 3.44. The van der Waals surface area contributed by atoms with E-state index in [2.05, 4.69) is 6.92 Å². The molecule has 0 aliphatic carbocycles. The third-order valence-electron chi connectivity index (χ3n) is 5.39. The monoisotopic (exact) mass is 416 g/mol. The van der Waals surface area contributed by atoms with Gasteiger partial charge in [0.2, 0.25) is 0 Å². The predicted octanol–water partition coefficient (Wildman–Crippen LogP) is 5.10. The van der Waals surface area contributed by atoms with E-state index in [-0.39, 0.29) is 12.6 Å². The lowest BCUT2D eigenvalue weighted by molar-refractivity contribution is -0.883. The van der Waals surface area contributed by atoms with Crippen molar-refractivity contribution in [1.29, 1.82) is 0 Å². The molecule has 174 valence electrons. The largest absolute Gasteiger partial charge is 0.462 e. The number of unbranched alkanes of at least 4 members (excludes halogenated alkanes) is 13. The summed E-state index contributed by atoms with van der Waals surface area (Å²) in [5, 5.41) is 8.70. The predicted molar refractivity (Wildman–Crippen MR) is 121 cm³/mol. The first kappa shape index (κ1) is 28.4. The van der Waals surface area contributed by atoms with Gasteiger partial charge < -0.3 is 19.1 Å². The Morgan fingerprint density at radius 1 is 0.724 bits per heavy atom. The van der Waals surface area contributed by atoms with E-state index in [1.807, 2.05) is 14.1 Å². The summed E-state index contributed by atoms with van der Waals surface area (Å²) < 4.78 is 11.2. The Morgan fingerprint density at radius 3 is 1.69 bits per heavy atom. The van der Waals surface area contributed by atoms with Crippen molar-refractivity contribution in [2.45, 2.75) is 96.8 Å². The van der Waals surface area contributed by atoms with Crippen LogP contribution in [0.1, 0.15) is 96.8 Å². The van der Waals surface area contributed by atoms with Crippen LogP contribution in [0.5, 0.6) is 0 Å². The second-order valence-corrected chi connectivity index (χ2v) is 8.97. The number of quaternary nitrogens is 1. The minimum atomic E-state index is -0.133. The zero-order valence-electron chi connectivity index (χ0n) is 19.8. The molecule has 0 amide bonds. The Balaban J connectivity index is 3.36. The van der Waals surface area contributed by atoms with Gasteiger partial charge >= 0.3 is 5.97 Å².